The molecule has 8 nitrogen and oxygen atoms in total. The van der Waals surface area contributed by atoms with Crippen LogP contribution in [0.25, 0.3) is 10.9 Å². The molecule has 0 radical (unpaired) electrons. The molecule has 0 bridgehead atoms. The lowest BCUT2D eigenvalue weighted by Crippen LogP contribution is -2.36. The Kier molecular flexibility index (Phi) is 5.94. The summed E-state index contributed by atoms with van der Waals surface area (Å²) in [6, 6.07) is 7.51. The molecule has 3 heterocycles. The molecule has 1 aliphatic rings. The maximum Gasteiger partial charge on any atom is 0.410 e. The Morgan fingerprint density at radius 3 is 2.71 bits per heavy atom. The van der Waals surface area contributed by atoms with Crippen LogP contribution in [0.4, 0.5) is 9.80 Å². The van der Waals surface area contributed by atoms with Gasteiger partial charge in [-0.15, -0.1) is 11.3 Å². The topological polar surface area (TPSA) is 101 Å². The van der Waals surface area contributed by atoms with E-state index in [2.05, 4.69) is 10.3 Å². The summed E-state index contributed by atoms with van der Waals surface area (Å²) in [5.41, 5.74) is 2.54. The molecule has 0 saturated heterocycles. The van der Waals surface area contributed by atoms with Crippen molar-refractivity contribution in [1.29, 1.82) is 0 Å². The number of ether oxygens (including phenoxy) is 2. The molecular formula is C22H23N3O5S. The van der Waals surface area contributed by atoms with Gasteiger partial charge in [0.2, 0.25) is 0 Å². The van der Waals surface area contributed by atoms with Crippen molar-refractivity contribution in [2.45, 2.75) is 26.8 Å². The van der Waals surface area contributed by atoms with Crippen molar-refractivity contribution in [3.05, 3.63) is 52.0 Å². The minimum atomic E-state index is -0.473. The molecule has 2 N–H and O–H groups in total. The van der Waals surface area contributed by atoms with E-state index in [0.717, 1.165) is 21.3 Å². The number of para-hydroxylation sites is 1. The van der Waals surface area contributed by atoms with Crippen LogP contribution in [-0.4, -0.2) is 47.6 Å². The predicted octanol–water partition coefficient (Wildman–Crippen LogP) is 4.17. The average molecular weight is 442 g/mol. The second-order valence-corrected chi connectivity index (χ2v) is 8.11. The Bertz CT molecular complexity index is 1150. The SMILES string of the molecule is CCOC(=O)c1c(NC(=O)c2c[nH]c3ccccc23)sc2c1CCN(C(=O)OCC)C2. The molecule has 0 atom stereocenters. The Labute approximate surface area is 183 Å². The van der Waals surface area contributed by atoms with Crippen LogP contribution in [0.2, 0.25) is 0 Å². The molecular weight excluding hydrogens is 418 g/mol. The van der Waals surface area contributed by atoms with E-state index in [4.69, 9.17) is 9.47 Å². The standard InChI is InChI=1S/C22H23N3O5S/c1-3-29-21(27)18-14-9-10-25(22(28)30-4-2)12-17(14)31-20(18)24-19(26)15-11-23-16-8-6-5-7-13(15)16/h5-8,11,23H,3-4,9-10,12H2,1-2H3,(H,24,26). The molecule has 0 unspecified atom stereocenters. The first kappa shape index (κ1) is 20.9. The van der Waals surface area contributed by atoms with Crippen LogP contribution >= 0.6 is 11.3 Å². The number of esters is 1. The van der Waals surface area contributed by atoms with Crippen LogP contribution in [0.5, 0.6) is 0 Å². The summed E-state index contributed by atoms with van der Waals surface area (Å²) in [6.07, 6.45) is 1.76. The first-order chi connectivity index (χ1) is 15.0. The highest BCUT2D eigenvalue weighted by molar-refractivity contribution is 7.17. The third kappa shape index (κ3) is 4.00. The van der Waals surface area contributed by atoms with Gasteiger partial charge in [0.05, 0.1) is 30.9 Å². The molecule has 9 heteroatoms. The highest BCUT2D eigenvalue weighted by Crippen LogP contribution is 2.38. The zero-order chi connectivity index (χ0) is 22.0. The lowest BCUT2D eigenvalue weighted by Gasteiger charge is -2.26. The number of amides is 2. The van der Waals surface area contributed by atoms with Gasteiger partial charge in [-0.1, -0.05) is 18.2 Å². The zero-order valence-corrected chi connectivity index (χ0v) is 18.1. The number of carbonyl (C=O) groups excluding carboxylic acids is 3. The van der Waals surface area contributed by atoms with Gasteiger partial charge in [-0.3, -0.25) is 4.79 Å². The van der Waals surface area contributed by atoms with Gasteiger partial charge in [0.1, 0.15) is 5.00 Å². The number of rotatable bonds is 5. The zero-order valence-electron chi connectivity index (χ0n) is 17.3. The van der Waals surface area contributed by atoms with E-state index in [1.165, 1.54) is 11.3 Å². The van der Waals surface area contributed by atoms with E-state index in [1.54, 1.807) is 24.9 Å². The first-order valence-corrected chi connectivity index (χ1v) is 11.0. The van der Waals surface area contributed by atoms with Crippen molar-refractivity contribution in [2.75, 3.05) is 25.1 Å². The summed E-state index contributed by atoms with van der Waals surface area (Å²) >= 11 is 1.29. The van der Waals surface area contributed by atoms with Crippen LogP contribution in [0.15, 0.2) is 30.5 Å². The van der Waals surface area contributed by atoms with Gasteiger partial charge in [-0.2, -0.15) is 0 Å². The smallest absolute Gasteiger partial charge is 0.410 e. The van der Waals surface area contributed by atoms with E-state index in [0.29, 0.717) is 42.2 Å². The summed E-state index contributed by atoms with van der Waals surface area (Å²) in [5.74, 6) is -0.789. The summed E-state index contributed by atoms with van der Waals surface area (Å²) in [5, 5.41) is 4.13. The minimum absolute atomic E-state index is 0.230. The summed E-state index contributed by atoms with van der Waals surface area (Å²) < 4.78 is 10.4. The fraction of sp³-hybridized carbons (Fsp3) is 0.318. The van der Waals surface area contributed by atoms with Crippen LogP contribution in [0, 0.1) is 0 Å². The molecule has 3 aromatic rings. The maximum absolute atomic E-state index is 13.0. The van der Waals surface area contributed by atoms with Crippen LogP contribution in [0.3, 0.4) is 0 Å². The van der Waals surface area contributed by atoms with Crippen molar-refractivity contribution < 1.29 is 23.9 Å². The van der Waals surface area contributed by atoms with Gasteiger partial charge in [0, 0.05) is 28.5 Å². The van der Waals surface area contributed by atoms with E-state index in [-0.39, 0.29) is 18.6 Å². The Balaban J connectivity index is 1.66. The van der Waals surface area contributed by atoms with Crippen molar-refractivity contribution in [2.24, 2.45) is 0 Å². The van der Waals surface area contributed by atoms with E-state index in [1.807, 2.05) is 24.3 Å². The second-order valence-electron chi connectivity index (χ2n) is 7.00. The highest BCUT2D eigenvalue weighted by atomic mass is 32.1. The van der Waals surface area contributed by atoms with E-state index in [9.17, 15) is 14.4 Å². The van der Waals surface area contributed by atoms with Crippen LogP contribution in [-0.2, 0) is 22.4 Å². The van der Waals surface area contributed by atoms with Gasteiger partial charge < -0.3 is 24.7 Å². The molecule has 0 saturated carbocycles. The number of hydrogen-bond acceptors (Lipinski definition) is 6. The van der Waals surface area contributed by atoms with E-state index < -0.39 is 5.97 Å². The summed E-state index contributed by atoms with van der Waals surface area (Å²) in [4.78, 5) is 43.4. The number of aromatic amines is 1. The summed E-state index contributed by atoms with van der Waals surface area (Å²) in [6.45, 7) is 4.79. The van der Waals surface area contributed by atoms with E-state index >= 15 is 0 Å². The third-order valence-corrected chi connectivity index (χ3v) is 6.26. The number of anilines is 1. The molecule has 31 heavy (non-hydrogen) atoms. The van der Waals surface area contributed by atoms with Crippen LogP contribution < -0.4 is 5.32 Å². The largest absolute Gasteiger partial charge is 0.462 e. The number of benzene rings is 1. The molecule has 1 aliphatic heterocycles. The molecule has 162 valence electrons. The van der Waals surface area contributed by atoms with Gasteiger partial charge in [0.25, 0.3) is 5.91 Å². The van der Waals surface area contributed by atoms with Gasteiger partial charge in [0.15, 0.2) is 0 Å². The molecule has 0 spiro atoms. The van der Waals surface area contributed by atoms with Crippen molar-refractivity contribution in [1.82, 2.24) is 9.88 Å². The number of thiophene rings is 1. The van der Waals surface area contributed by atoms with Gasteiger partial charge >= 0.3 is 12.1 Å². The Hall–Kier alpha value is -3.33. The Morgan fingerprint density at radius 1 is 1.16 bits per heavy atom. The highest BCUT2D eigenvalue weighted by Gasteiger charge is 2.31. The predicted molar refractivity (Wildman–Crippen MR) is 118 cm³/mol. The van der Waals surface area contributed by atoms with Crippen molar-refractivity contribution >= 4 is 45.2 Å². The molecule has 1 aromatic carbocycles. The lowest BCUT2D eigenvalue weighted by atomic mass is 10.0. The first-order valence-electron chi connectivity index (χ1n) is 10.1. The average Bonchev–Trinajstić information content (AvgIpc) is 3.34. The second kappa shape index (κ2) is 8.81. The maximum atomic E-state index is 13.0. The number of carbonyl (C=O) groups is 3. The number of aromatic nitrogens is 1. The van der Waals surface area contributed by atoms with Crippen molar-refractivity contribution in [3.63, 3.8) is 0 Å². The van der Waals surface area contributed by atoms with Crippen molar-refractivity contribution in [3.8, 4) is 0 Å². The minimum Gasteiger partial charge on any atom is -0.462 e. The molecule has 2 amide bonds. The number of fused-ring (bicyclic) bond motifs is 2. The molecule has 0 aliphatic carbocycles. The fourth-order valence-corrected chi connectivity index (χ4v) is 4.96. The number of nitrogens with one attached hydrogen (secondary N) is 2. The quantitative estimate of drug-likeness (QED) is 0.579. The number of H-pyrrole nitrogens is 1. The van der Waals surface area contributed by atoms with Crippen LogP contribution in [0.1, 0.15) is 45.0 Å². The third-order valence-electron chi connectivity index (χ3n) is 5.12. The molecule has 4 rings (SSSR count). The number of nitrogens with zero attached hydrogens (tertiary/aromatic N) is 1. The van der Waals surface area contributed by atoms with Gasteiger partial charge in [-0.25, -0.2) is 9.59 Å². The monoisotopic (exact) mass is 441 g/mol. The number of hydrogen-bond donors (Lipinski definition) is 2. The Morgan fingerprint density at radius 2 is 1.94 bits per heavy atom. The fourth-order valence-electron chi connectivity index (χ4n) is 3.71. The summed E-state index contributed by atoms with van der Waals surface area (Å²) in [7, 11) is 0. The lowest BCUT2D eigenvalue weighted by molar-refractivity contribution is 0.0526. The van der Waals surface area contributed by atoms with Gasteiger partial charge in [-0.05, 0) is 31.9 Å². The molecule has 2 aromatic heterocycles. The molecule has 0 fully saturated rings. The normalized spacial score (nSPS) is 13.0.